The van der Waals surface area contributed by atoms with E-state index in [0.29, 0.717) is 11.8 Å². The Morgan fingerprint density at radius 3 is 2.88 bits per heavy atom. The van der Waals surface area contributed by atoms with E-state index >= 15 is 0 Å². The van der Waals surface area contributed by atoms with E-state index in [1.165, 1.54) is 0 Å². The lowest BCUT2D eigenvalue weighted by molar-refractivity contribution is 0.819. The molecule has 3 unspecified atom stereocenters. The van der Waals surface area contributed by atoms with Crippen LogP contribution < -0.4 is 0 Å². The third kappa shape index (κ3) is 0.315. The zero-order chi connectivity index (χ0) is 5.56. The molecule has 0 aliphatic heterocycles. The molecule has 2 aliphatic carbocycles. The summed E-state index contributed by atoms with van der Waals surface area (Å²) >= 11 is 0. The summed E-state index contributed by atoms with van der Waals surface area (Å²) in [5.74, 6) is 1.76. The van der Waals surface area contributed by atoms with Crippen LogP contribution in [0.1, 0.15) is 6.42 Å². The first-order valence-corrected chi connectivity index (χ1v) is 3.00. The largest absolute Gasteiger partial charge is 0.198 e. The minimum Gasteiger partial charge on any atom is -0.198 e. The van der Waals surface area contributed by atoms with Crippen LogP contribution in [0.15, 0.2) is 12.2 Å². The molecule has 0 aromatic rings. The maximum Gasteiger partial charge on any atom is 0.0665 e. The van der Waals surface area contributed by atoms with Crippen LogP contribution in [0.2, 0.25) is 0 Å². The van der Waals surface area contributed by atoms with Crippen LogP contribution in [-0.2, 0) is 0 Å². The Labute approximate surface area is 48.6 Å². The van der Waals surface area contributed by atoms with Crippen molar-refractivity contribution in [3.63, 3.8) is 0 Å². The lowest BCUT2D eigenvalue weighted by Crippen LogP contribution is -1.74. The van der Waals surface area contributed by atoms with Crippen LogP contribution in [0.3, 0.4) is 0 Å². The van der Waals surface area contributed by atoms with Crippen LogP contribution in [0, 0.1) is 29.1 Å². The Kier molecular flexibility index (Phi) is 0.590. The zero-order valence-corrected chi connectivity index (χ0v) is 4.54. The Morgan fingerprint density at radius 1 is 1.62 bits per heavy atom. The van der Waals surface area contributed by atoms with Crippen molar-refractivity contribution in [2.24, 2.45) is 17.8 Å². The molecule has 2 rings (SSSR count). The molecule has 1 saturated carbocycles. The van der Waals surface area contributed by atoms with Gasteiger partial charge in [0.05, 0.1) is 12.0 Å². The Bertz CT molecular complexity index is 175. The van der Waals surface area contributed by atoms with Gasteiger partial charge in [-0.25, -0.2) is 0 Å². The number of nitriles is 1. The van der Waals surface area contributed by atoms with Crippen molar-refractivity contribution >= 4 is 0 Å². The number of rotatable bonds is 0. The molecule has 0 aromatic heterocycles. The van der Waals surface area contributed by atoms with Crippen LogP contribution in [-0.4, -0.2) is 0 Å². The third-order valence-electron chi connectivity index (χ3n) is 2.15. The van der Waals surface area contributed by atoms with E-state index in [4.69, 9.17) is 5.26 Å². The molecule has 1 fully saturated rings. The van der Waals surface area contributed by atoms with Gasteiger partial charge < -0.3 is 0 Å². The van der Waals surface area contributed by atoms with E-state index in [9.17, 15) is 0 Å². The molecular formula is C7H7N. The fourth-order valence-corrected chi connectivity index (χ4v) is 1.54. The second-order valence-electron chi connectivity index (χ2n) is 2.56. The average Bonchev–Trinajstić information content (AvgIpc) is 2.22. The molecule has 40 valence electrons. The Hall–Kier alpha value is -0.770. The second-order valence-corrected chi connectivity index (χ2v) is 2.56. The summed E-state index contributed by atoms with van der Waals surface area (Å²) < 4.78 is 0. The highest BCUT2D eigenvalue weighted by Crippen LogP contribution is 2.52. The van der Waals surface area contributed by atoms with Crippen molar-refractivity contribution in [1.29, 1.82) is 5.26 Å². The lowest BCUT2D eigenvalue weighted by atomic mass is 10.2. The fraction of sp³-hybridized carbons (Fsp3) is 0.571. The van der Waals surface area contributed by atoms with Gasteiger partial charge in [0.25, 0.3) is 0 Å². The summed E-state index contributed by atoms with van der Waals surface area (Å²) in [6.45, 7) is 0. The van der Waals surface area contributed by atoms with Gasteiger partial charge in [-0.1, -0.05) is 12.2 Å². The van der Waals surface area contributed by atoms with Crippen molar-refractivity contribution in [3.8, 4) is 6.07 Å². The van der Waals surface area contributed by atoms with Gasteiger partial charge in [-0.3, -0.25) is 0 Å². The first-order valence-electron chi connectivity index (χ1n) is 3.00. The van der Waals surface area contributed by atoms with Gasteiger partial charge in [-0.15, -0.1) is 0 Å². The monoisotopic (exact) mass is 105 g/mol. The van der Waals surface area contributed by atoms with Crippen LogP contribution in [0.25, 0.3) is 0 Å². The van der Waals surface area contributed by atoms with Gasteiger partial charge in [-0.05, 0) is 18.3 Å². The molecule has 0 radical (unpaired) electrons. The summed E-state index contributed by atoms with van der Waals surface area (Å²) in [5.41, 5.74) is 0. The molecule has 0 bridgehead atoms. The summed E-state index contributed by atoms with van der Waals surface area (Å²) in [7, 11) is 0. The summed E-state index contributed by atoms with van der Waals surface area (Å²) in [4.78, 5) is 0. The van der Waals surface area contributed by atoms with E-state index in [2.05, 4.69) is 18.2 Å². The topological polar surface area (TPSA) is 23.8 Å². The van der Waals surface area contributed by atoms with Gasteiger partial charge in [0.2, 0.25) is 0 Å². The van der Waals surface area contributed by atoms with E-state index in [1.807, 2.05) is 0 Å². The van der Waals surface area contributed by atoms with Gasteiger partial charge in [-0.2, -0.15) is 5.26 Å². The highest BCUT2D eigenvalue weighted by atomic mass is 14.5. The quantitative estimate of drug-likeness (QED) is 0.426. The van der Waals surface area contributed by atoms with Gasteiger partial charge in [0, 0.05) is 0 Å². The van der Waals surface area contributed by atoms with Gasteiger partial charge in [0.15, 0.2) is 0 Å². The summed E-state index contributed by atoms with van der Waals surface area (Å²) in [6.07, 6.45) is 5.52. The standard InChI is InChI=1S/C7H7N/c8-4-7-5-2-1-3-6(5)7/h1-2,5-7H,3H2. The summed E-state index contributed by atoms with van der Waals surface area (Å²) in [6, 6.07) is 2.29. The van der Waals surface area contributed by atoms with Crippen molar-refractivity contribution in [3.05, 3.63) is 12.2 Å². The smallest absolute Gasteiger partial charge is 0.0665 e. The summed E-state index contributed by atoms with van der Waals surface area (Å²) in [5, 5.41) is 8.43. The second kappa shape index (κ2) is 1.14. The molecule has 0 saturated heterocycles. The number of nitrogens with zero attached hydrogens (tertiary/aromatic N) is 1. The highest BCUT2D eigenvalue weighted by molar-refractivity contribution is 5.22. The Balaban J connectivity index is 2.16. The molecule has 8 heavy (non-hydrogen) atoms. The average molecular weight is 105 g/mol. The molecular weight excluding hydrogens is 98.1 g/mol. The van der Waals surface area contributed by atoms with Gasteiger partial charge >= 0.3 is 0 Å². The fourth-order valence-electron chi connectivity index (χ4n) is 1.54. The number of hydrogen-bond acceptors (Lipinski definition) is 1. The minimum atomic E-state index is 0.389. The van der Waals surface area contributed by atoms with Crippen LogP contribution in [0.5, 0.6) is 0 Å². The number of hydrogen-bond donors (Lipinski definition) is 0. The zero-order valence-electron chi connectivity index (χ0n) is 4.54. The Morgan fingerprint density at radius 2 is 2.50 bits per heavy atom. The normalized spacial score (nSPS) is 48.1. The SMILES string of the molecule is N#CC1C2C=CCC12. The van der Waals surface area contributed by atoms with E-state index in [1.54, 1.807) is 0 Å². The highest BCUT2D eigenvalue weighted by Gasteiger charge is 2.50. The third-order valence-corrected chi connectivity index (χ3v) is 2.15. The van der Waals surface area contributed by atoms with Crippen molar-refractivity contribution in [2.75, 3.05) is 0 Å². The van der Waals surface area contributed by atoms with Crippen molar-refractivity contribution < 1.29 is 0 Å². The molecule has 0 heterocycles. The molecule has 0 amide bonds. The lowest BCUT2D eigenvalue weighted by Gasteiger charge is -1.79. The first kappa shape index (κ1) is 4.14. The van der Waals surface area contributed by atoms with E-state index in [-0.39, 0.29) is 0 Å². The molecule has 1 heteroatoms. The number of allylic oxidation sites excluding steroid dienone is 2. The molecule has 1 nitrogen and oxygen atoms in total. The van der Waals surface area contributed by atoms with Crippen molar-refractivity contribution in [1.82, 2.24) is 0 Å². The molecule has 0 spiro atoms. The minimum absolute atomic E-state index is 0.389. The van der Waals surface area contributed by atoms with Gasteiger partial charge in [0.1, 0.15) is 0 Å². The number of fused-ring (bicyclic) bond motifs is 1. The van der Waals surface area contributed by atoms with Crippen LogP contribution in [0.4, 0.5) is 0 Å². The maximum atomic E-state index is 8.43. The predicted octanol–water partition coefficient (Wildman–Crippen LogP) is 1.33. The van der Waals surface area contributed by atoms with E-state index in [0.717, 1.165) is 12.3 Å². The molecule has 3 atom stereocenters. The predicted molar refractivity (Wildman–Crippen MR) is 29.8 cm³/mol. The van der Waals surface area contributed by atoms with Crippen LogP contribution >= 0.6 is 0 Å². The first-order chi connectivity index (χ1) is 3.93. The molecule has 2 aliphatic rings. The maximum absolute atomic E-state index is 8.43. The molecule has 0 N–H and O–H groups in total. The van der Waals surface area contributed by atoms with E-state index < -0.39 is 0 Å². The van der Waals surface area contributed by atoms with Crippen molar-refractivity contribution in [2.45, 2.75) is 6.42 Å². The molecule has 0 aromatic carbocycles.